The van der Waals surface area contributed by atoms with E-state index in [9.17, 15) is 0 Å². The van der Waals surface area contributed by atoms with Gasteiger partial charge in [-0.3, -0.25) is 0 Å². The highest BCUT2D eigenvalue weighted by atomic mass is 34.1. The van der Waals surface area contributed by atoms with Gasteiger partial charge in [0.25, 0.3) is 0 Å². The first kappa shape index (κ1) is 35.1. The molecule has 0 rings (SSSR count). The van der Waals surface area contributed by atoms with E-state index in [1.165, 1.54) is 19.7 Å². The molecular formula is H2S26. The van der Waals surface area contributed by atoms with Crippen LogP contribution in [0.5, 0.6) is 0 Å². The van der Waals surface area contributed by atoms with E-state index in [1.54, 1.807) is 98.3 Å². The van der Waals surface area contributed by atoms with Crippen LogP contribution in [0.3, 0.4) is 0 Å². The molecule has 0 saturated heterocycles. The van der Waals surface area contributed by atoms with Crippen molar-refractivity contribution in [1.82, 2.24) is 0 Å². The topological polar surface area (TPSA) is 0 Å². The molecule has 0 aromatic rings. The van der Waals surface area contributed by atoms with Gasteiger partial charge in [-0.25, -0.2) is 0 Å². The third kappa shape index (κ3) is 33.1. The van der Waals surface area contributed by atoms with Crippen LogP contribution in [0.4, 0.5) is 0 Å². The zero-order valence-corrected chi connectivity index (χ0v) is 32.1. The smallest absolute Gasteiger partial charge is 0 e. The minimum Gasteiger partial charge on any atom is -0.0988 e. The zero-order valence-electron chi connectivity index (χ0n) is 10.7. The number of hydrogen-bond donors (Lipinski definition) is 2. The molecule has 0 heterocycles. The van der Waals surface area contributed by atoms with Crippen LogP contribution in [0.15, 0.2) is 0 Å². The summed E-state index contributed by atoms with van der Waals surface area (Å²) in [6.07, 6.45) is 0. The normalized spacial score (nSPS) is 11.3. The van der Waals surface area contributed by atoms with E-state index in [0.717, 1.165) is 0 Å². The van der Waals surface area contributed by atoms with Crippen LogP contribution in [0.1, 0.15) is 0 Å². The summed E-state index contributed by atoms with van der Waals surface area (Å²) in [6, 6.07) is 0. The van der Waals surface area contributed by atoms with Gasteiger partial charge in [0.15, 0.2) is 0 Å². The lowest BCUT2D eigenvalue weighted by molar-refractivity contribution is 5.61. The van der Waals surface area contributed by atoms with Gasteiger partial charge in [-0.1, -0.05) is 23.3 Å². The van der Waals surface area contributed by atoms with E-state index >= 15 is 0 Å². The van der Waals surface area contributed by atoms with Crippen LogP contribution in [0, 0.1) is 0 Å². The van der Waals surface area contributed by atoms with Gasteiger partial charge >= 0.3 is 0 Å². The Kier molecular flexibility index (Phi) is 46.0. The molecule has 0 bridgehead atoms. The Bertz CT molecular complexity index is 196. The average molecular weight is 836 g/mol. The highest BCUT2D eigenvalue weighted by molar-refractivity contribution is 9.60. The van der Waals surface area contributed by atoms with Gasteiger partial charge in [-0.2, -0.15) is 0 Å². The van der Waals surface area contributed by atoms with E-state index in [0.29, 0.717) is 0 Å². The summed E-state index contributed by atoms with van der Waals surface area (Å²) in [4.78, 5) is 0. The molecule has 158 valence electrons. The lowest BCUT2D eigenvalue weighted by Gasteiger charge is -1.99. The van der Waals surface area contributed by atoms with Crippen molar-refractivity contribution >= 4 is 259 Å². The first-order chi connectivity index (χ1) is 12.9. The highest BCUT2D eigenvalue weighted by Gasteiger charge is 2.01. The largest absolute Gasteiger partial charge is 0.0988 e. The Hall–Kier alpha value is 9.10. The Balaban J connectivity index is 2.95. The van der Waals surface area contributed by atoms with Crippen molar-refractivity contribution in [3.63, 3.8) is 0 Å². The molecule has 0 radical (unpaired) electrons. The molecular weight excluding hydrogens is 834 g/mol. The summed E-state index contributed by atoms with van der Waals surface area (Å²) in [7, 11) is 42.3. The van der Waals surface area contributed by atoms with Crippen molar-refractivity contribution in [2.45, 2.75) is 0 Å². The van der Waals surface area contributed by atoms with E-state index in [4.69, 9.17) is 0 Å². The van der Waals surface area contributed by atoms with Crippen molar-refractivity contribution in [3.05, 3.63) is 0 Å². The van der Waals surface area contributed by atoms with Crippen molar-refractivity contribution < 1.29 is 0 Å². The van der Waals surface area contributed by atoms with E-state index < -0.39 is 0 Å². The molecule has 0 atom stereocenters. The summed E-state index contributed by atoms with van der Waals surface area (Å²) in [5.74, 6) is 0. The predicted molar refractivity (Wildman–Crippen MR) is 200 cm³/mol. The molecule has 0 unspecified atom stereocenters. The third-order valence-corrected chi connectivity index (χ3v) is 52.2. The Morgan fingerprint density at radius 1 is 0.192 bits per heavy atom. The fraction of sp³-hybridized carbons (Fsp3) is 0. The van der Waals surface area contributed by atoms with Gasteiger partial charge in [-0.05, 0) is 157 Å². The van der Waals surface area contributed by atoms with Crippen molar-refractivity contribution in [2.75, 3.05) is 0 Å². The molecule has 0 nitrogen and oxygen atoms in total. The molecule has 0 aromatic carbocycles. The molecule has 26 heavy (non-hydrogen) atoms. The Morgan fingerprint density at radius 3 is 0.423 bits per heavy atom. The lowest BCUT2D eigenvalue weighted by atomic mass is 30.1. The summed E-state index contributed by atoms with van der Waals surface area (Å²) >= 11 is 8.13. The van der Waals surface area contributed by atoms with Gasteiger partial charge in [0, 0.05) is 78.6 Å². The number of rotatable bonds is 23. The molecule has 0 saturated carbocycles. The van der Waals surface area contributed by atoms with Gasteiger partial charge in [0.1, 0.15) is 0 Å². The molecule has 0 aliphatic heterocycles. The predicted octanol–water partition coefficient (Wildman–Crippen LogP) is 16.3. The summed E-state index contributed by atoms with van der Waals surface area (Å²) in [6.45, 7) is 0. The molecule has 0 spiro atoms. The quantitative estimate of drug-likeness (QED) is 0.0569. The Morgan fingerprint density at radius 2 is 0.308 bits per heavy atom. The van der Waals surface area contributed by atoms with E-state index in [1.807, 2.05) is 118 Å². The molecule has 0 amide bonds. The minimum atomic E-state index is 1.48. The van der Waals surface area contributed by atoms with Crippen molar-refractivity contribution in [1.29, 1.82) is 0 Å². The van der Waals surface area contributed by atoms with Crippen LogP contribution >= 0.6 is 259 Å². The van der Waals surface area contributed by atoms with Gasteiger partial charge in [0.05, 0.1) is 0 Å². The van der Waals surface area contributed by atoms with Crippen LogP contribution in [0.2, 0.25) is 0 Å². The standard InChI is InChI=1S/H2S26/c1-3-5-7-9-11-13-15-17-19-21-23-25-26-24-22-20-18-16-14-12-10-8-6-4-2/h1-2H. The number of hydrogen-bond acceptors (Lipinski definition) is 26. The van der Waals surface area contributed by atoms with E-state index in [-0.39, 0.29) is 0 Å². The maximum atomic E-state index is 4.06. The first-order valence-electron chi connectivity index (χ1n) is 4.20. The fourth-order valence-electron chi connectivity index (χ4n) is 0.252. The first-order valence-corrected chi connectivity index (χ1v) is 37.8. The van der Waals surface area contributed by atoms with Crippen LogP contribution in [-0.2, 0) is 0 Å². The second kappa shape index (κ2) is 34.1. The van der Waals surface area contributed by atoms with Crippen molar-refractivity contribution in [3.8, 4) is 0 Å². The highest BCUT2D eigenvalue weighted by Crippen LogP contribution is 2.65. The maximum absolute atomic E-state index is 4.06. The third-order valence-electron chi connectivity index (χ3n) is 0.644. The molecule has 0 aliphatic carbocycles. The van der Waals surface area contributed by atoms with Crippen LogP contribution in [0.25, 0.3) is 0 Å². The van der Waals surface area contributed by atoms with E-state index in [2.05, 4.69) is 23.3 Å². The summed E-state index contributed by atoms with van der Waals surface area (Å²) in [5, 5.41) is 0. The Labute approximate surface area is 253 Å². The van der Waals surface area contributed by atoms with Gasteiger partial charge in [0.2, 0.25) is 0 Å². The van der Waals surface area contributed by atoms with Crippen LogP contribution in [-0.4, -0.2) is 0 Å². The lowest BCUT2D eigenvalue weighted by Crippen LogP contribution is -1.34. The molecule has 0 fully saturated rings. The van der Waals surface area contributed by atoms with Crippen molar-refractivity contribution in [2.24, 2.45) is 0 Å². The minimum absolute atomic E-state index is 1.48. The molecule has 0 N–H and O–H groups in total. The SMILES string of the molecule is SSSSSSSSSSSSSSSSSSSSSSSSSS. The zero-order chi connectivity index (χ0) is 19.0. The molecule has 0 aromatic heterocycles. The van der Waals surface area contributed by atoms with Gasteiger partial charge < -0.3 is 0 Å². The summed E-state index contributed by atoms with van der Waals surface area (Å²) in [5.41, 5.74) is 0. The summed E-state index contributed by atoms with van der Waals surface area (Å²) < 4.78 is 0. The number of thiol groups is 2. The molecule has 26 heteroatoms. The monoisotopic (exact) mass is 833 g/mol. The molecule has 0 aliphatic rings. The van der Waals surface area contributed by atoms with Crippen LogP contribution < -0.4 is 0 Å². The maximum Gasteiger partial charge on any atom is 0 e. The second-order valence-corrected chi connectivity index (χ2v) is 44.4. The second-order valence-electron chi connectivity index (χ2n) is 1.65. The average Bonchev–Trinajstić information content (AvgIpc) is 2.66. The fourth-order valence-corrected chi connectivity index (χ4v) is 61.2. The van der Waals surface area contributed by atoms with Gasteiger partial charge in [-0.15, -0.1) is 0 Å².